The molecule has 1 unspecified atom stereocenters. The molecule has 1 aromatic heterocycles. The van der Waals surface area contributed by atoms with E-state index in [2.05, 4.69) is 26.2 Å². The molecule has 1 atom stereocenters. The van der Waals surface area contributed by atoms with Crippen molar-refractivity contribution < 1.29 is 9.47 Å². The SMILES string of the molecule is BrCc1cn(CC2COc3ccccc3O2)nn1. The van der Waals surface area contributed by atoms with E-state index in [4.69, 9.17) is 9.47 Å². The Bertz CT molecular complexity index is 544. The van der Waals surface area contributed by atoms with E-state index in [9.17, 15) is 0 Å². The van der Waals surface area contributed by atoms with Crippen LogP contribution in [0.1, 0.15) is 5.69 Å². The molecule has 0 radical (unpaired) electrons. The molecular weight excluding hydrogens is 298 g/mol. The Hall–Kier alpha value is -1.56. The Balaban J connectivity index is 1.69. The lowest BCUT2D eigenvalue weighted by Crippen LogP contribution is -2.33. The van der Waals surface area contributed by atoms with Gasteiger partial charge in [0.25, 0.3) is 0 Å². The molecule has 2 aromatic rings. The first-order chi connectivity index (χ1) is 8.85. The van der Waals surface area contributed by atoms with E-state index in [0.29, 0.717) is 18.5 Å². The number of alkyl halides is 1. The topological polar surface area (TPSA) is 49.2 Å². The first-order valence-corrected chi connectivity index (χ1v) is 6.81. The molecule has 0 saturated heterocycles. The lowest BCUT2D eigenvalue weighted by atomic mass is 10.2. The minimum absolute atomic E-state index is 0.0372. The number of fused-ring (bicyclic) bond motifs is 1. The lowest BCUT2D eigenvalue weighted by Gasteiger charge is -2.26. The van der Waals surface area contributed by atoms with Gasteiger partial charge in [-0.25, -0.2) is 4.68 Å². The largest absolute Gasteiger partial charge is 0.486 e. The predicted molar refractivity (Wildman–Crippen MR) is 69.0 cm³/mol. The molecular formula is C12H12BrN3O2. The zero-order valence-electron chi connectivity index (χ0n) is 9.62. The Labute approximate surface area is 113 Å². The summed E-state index contributed by atoms with van der Waals surface area (Å²) in [6.45, 7) is 1.16. The van der Waals surface area contributed by atoms with E-state index >= 15 is 0 Å². The van der Waals surface area contributed by atoms with Crippen LogP contribution in [0.15, 0.2) is 30.5 Å². The van der Waals surface area contributed by atoms with Gasteiger partial charge in [-0.15, -0.1) is 5.10 Å². The summed E-state index contributed by atoms with van der Waals surface area (Å²) in [6.07, 6.45) is 1.86. The lowest BCUT2D eigenvalue weighted by molar-refractivity contribution is 0.0755. The third kappa shape index (κ3) is 2.33. The van der Waals surface area contributed by atoms with Gasteiger partial charge >= 0.3 is 0 Å². The number of nitrogens with zero attached hydrogens (tertiary/aromatic N) is 3. The zero-order chi connectivity index (χ0) is 12.4. The van der Waals surface area contributed by atoms with Gasteiger partial charge in [0, 0.05) is 11.5 Å². The molecule has 1 aliphatic rings. The summed E-state index contributed by atoms with van der Waals surface area (Å²) in [5.41, 5.74) is 0.909. The Morgan fingerprint density at radius 1 is 1.33 bits per heavy atom. The molecule has 2 heterocycles. The molecule has 94 valence electrons. The van der Waals surface area contributed by atoms with Crippen LogP contribution in [-0.4, -0.2) is 27.7 Å². The quantitative estimate of drug-likeness (QED) is 0.814. The predicted octanol–water partition coefficient (Wildman–Crippen LogP) is 2.01. The van der Waals surface area contributed by atoms with Gasteiger partial charge in [-0.3, -0.25) is 0 Å². The number of halogens is 1. The van der Waals surface area contributed by atoms with E-state index in [1.54, 1.807) is 4.68 Å². The van der Waals surface area contributed by atoms with Crippen LogP contribution in [0, 0.1) is 0 Å². The van der Waals surface area contributed by atoms with Crippen molar-refractivity contribution in [3.05, 3.63) is 36.2 Å². The van der Waals surface area contributed by atoms with Crippen LogP contribution in [-0.2, 0) is 11.9 Å². The Morgan fingerprint density at radius 3 is 2.94 bits per heavy atom. The first-order valence-electron chi connectivity index (χ1n) is 5.68. The highest BCUT2D eigenvalue weighted by Gasteiger charge is 2.21. The highest BCUT2D eigenvalue weighted by molar-refractivity contribution is 9.08. The molecule has 3 rings (SSSR count). The number of hydrogen-bond acceptors (Lipinski definition) is 4. The fourth-order valence-electron chi connectivity index (χ4n) is 1.85. The van der Waals surface area contributed by atoms with Gasteiger partial charge in [0.2, 0.25) is 0 Å². The van der Waals surface area contributed by atoms with Crippen molar-refractivity contribution >= 4 is 15.9 Å². The average Bonchev–Trinajstić information content (AvgIpc) is 2.86. The normalized spacial score (nSPS) is 17.7. The monoisotopic (exact) mass is 309 g/mol. The third-order valence-corrected chi connectivity index (χ3v) is 3.26. The second-order valence-electron chi connectivity index (χ2n) is 4.06. The molecule has 0 aliphatic carbocycles. The van der Waals surface area contributed by atoms with E-state index in [1.807, 2.05) is 30.5 Å². The molecule has 5 nitrogen and oxygen atoms in total. The van der Waals surface area contributed by atoms with Crippen molar-refractivity contribution in [1.29, 1.82) is 0 Å². The molecule has 0 amide bonds. The highest BCUT2D eigenvalue weighted by Crippen LogP contribution is 2.31. The Kier molecular flexibility index (Phi) is 3.19. The summed E-state index contributed by atoms with van der Waals surface area (Å²) < 4.78 is 13.3. The molecule has 1 aromatic carbocycles. The van der Waals surface area contributed by atoms with Crippen molar-refractivity contribution in [2.45, 2.75) is 18.0 Å². The highest BCUT2D eigenvalue weighted by atomic mass is 79.9. The summed E-state index contributed by atoms with van der Waals surface area (Å²) in [5, 5.41) is 8.76. The van der Waals surface area contributed by atoms with E-state index in [1.165, 1.54) is 0 Å². The molecule has 0 N–H and O–H groups in total. The van der Waals surface area contributed by atoms with Gasteiger partial charge in [0.1, 0.15) is 6.61 Å². The standard InChI is InChI=1S/C12H12BrN3O2/c13-5-9-6-16(15-14-9)7-10-8-17-11-3-1-2-4-12(11)18-10/h1-4,6,10H,5,7-8H2. The van der Waals surface area contributed by atoms with Crippen LogP contribution in [0.2, 0.25) is 0 Å². The van der Waals surface area contributed by atoms with Crippen LogP contribution in [0.25, 0.3) is 0 Å². The molecule has 0 spiro atoms. The first kappa shape index (κ1) is 11.5. The smallest absolute Gasteiger partial charge is 0.161 e. The molecule has 0 saturated carbocycles. The van der Waals surface area contributed by atoms with Crippen LogP contribution in [0.4, 0.5) is 0 Å². The van der Waals surface area contributed by atoms with Crippen LogP contribution in [0.5, 0.6) is 11.5 Å². The van der Waals surface area contributed by atoms with Gasteiger partial charge < -0.3 is 9.47 Å². The summed E-state index contributed by atoms with van der Waals surface area (Å²) in [5.74, 6) is 1.59. The summed E-state index contributed by atoms with van der Waals surface area (Å²) >= 11 is 3.35. The number of benzene rings is 1. The molecule has 1 aliphatic heterocycles. The van der Waals surface area contributed by atoms with Crippen LogP contribution in [0.3, 0.4) is 0 Å². The van der Waals surface area contributed by atoms with Gasteiger partial charge in [-0.05, 0) is 12.1 Å². The van der Waals surface area contributed by atoms with Gasteiger partial charge in [0.05, 0.1) is 12.2 Å². The van der Waals surface area contributed by atoms with Crippen molar-refractivity contribution in [2.24, 2.45) is 0 Å². The van der Waals surface area contributed by atoms with Crippen molar-refractivity contribution in [3.63, 3.8) is 0 Å². The van der Waals surface area contributed by atoms with Crippen LogP contribution < -0.4 is 9.47 Å². The van der Waals surface area contributed by atoms with Gasteiger partial charge in [0.15, 0.2) is 17.6 Å². The molecule has 0 fully saturated rings. The van der Waals surface area contributed by atoms with Crippen molar-refractivity contribution in [2.75, 3.05) is 6.61 Å². The minimum Gasteiger partial charge on any atom is -0.486 e. The van der Waals surface area contributed by atoms with E-state index < -0.39 is 0 Å². The number of rotatable bonds is 3. The minimum atomic E-state index is -0.0372. The second kappa shape index (κ2) is 4.97. The molecule has 0 bridgehead atoms. The number of hydrogen-bond donors (Lipinski definition) is 0. The van der Waals surface area contributed by atoms with Gasteiger partial charge in [-0.1, -0.05) is 33.3 Å². The molecule has 18 heavy (non-hydrogen) atoms. The third-order valence-electron chi connectivity index (χ3n) is 2.68. The summed E-state index contributed by atoms with van der Waals surface area (Å²) in [4.78, 5) is 0. The maximum atomic E-state index is 5.85. The Morgan fingerprint density at radius 2 is 2.17 bits per heavy atom. The maximum absolute atomic E-state index is 5.85. The van der Waals surface area contributed by atoms with Crippen LogP contribution >= 0.6 is 15.9 Å². The number of ether oxygens (including phenoxy) is 2. The zero-order valence-corrected chi connectivity index (χ0v) is 11.2. The van der Waals surface area contributed by atoms with Crippen molar-refractivity contribution in [3.8, 4) is 11.5 Å². The number of para-hydroxylation sites is 2. The van der Waals surface area contributed by atoms with E-state index in [0.717, 1.165) is 17.2 Å². The fourth-order valence-corrected chi connectivity index (χ4v) is 2.11. The molecule has 6 heteroatoms. The summed E-state index contributed by atoms with van der Waals surface area (Å²) in [6, 6.07) is 7.68. The fraction of sp³-hybridized carbons (Fsp3) is 0.333. The average molecular weight is 310 g/mol. The van der Waals surface area contributed by atoms with E-state index in [-0.39, 0.29) is 6.10 Å². The maximum Gasteiger partial charge on any atom is 0.161 e. The number of aromatic nitrogens is 3. The van der Waals surface area contributed by atoms with Gasteiger partial charge in [-0.2, -0.15) is 0 Å². The van der Waals surface area contributed by atoms with Crippen molar-refractivity contribution in [1.82, 2.24) is 15.0 Å². The summed E-state index contributed by atoms with van der Waals surface area (Å²) in [7, 11) is 0. The second-order valence-corrected chi connectivity index (χ2v) is 4.62.